The number of methoxy groups -OCH3 is 1. The van der Waals surface area contributed by atoms with Crippen LogP contribution in [-0.4, -0.2) is 41.5 Å². The van der Waals surface area contributed by atoms with Crippen molar-refractivity contribution in [3.63, 3.8) is 0 Å². The lowest BCUT2D eigenvalue weighted by molar-refractivity contribution is -0.113. The fourth-order valence-electron chi connectivity index (χ4n) is 2.64. The van der Waals surface area contributed by atoms with E-state index in [1.54, 1.807) is 38.3 Å². The molecule has 0 fully saturated rings. The molecule has 0 saturated heterocycles. The monoisotopic (exact) mass is 423 g/mol. The van der Waals surface area contributed by atoms with Crippen LogP contribution in [0.3, 0.4) is 0 Å². The molecule has 30 heavy (non-hydrogen) atoms. The molecule has 1 amide bonds. The molecule has 1 N–H and O–H groups in total. The number of thioether (sulfide) groups is 1. The van der Waals surface area contributed by atoms with E-state index in [2.05, 4.69) is 15.5 Å². The van der Waals surface area contributed by atoms with E-state index < -0.39 is 0 Å². The number of nitrogens with one attached hydrogen (secondary N) is 1. The van der Waals surface area contributed by atoms with Crippen LogP contribution in [0.15, 0.2) is 65.7 Å². The molecular weight excluding hydrogens is 402 g/mol. The van der Waals surface area contributed by atoms with E-state index in [-0.39, 0.29) is 17.6 Å². The van der Waals surface area contributed by atoms with Crippen LogP contribution in [0.25, 0.3) is 11.3 Å². The third kappa shape index (κ3) is 5.57. The Morgan fingerprint density at radius 2 is 1.77 bits per heavy atom. The molecule has 154 valence electrons. The molecule has 0 spiro atoms. The SMILES string of the molecule is CCOC(=O)c1ccc(NC(=O)CSc2ccc(-c3ccccc3OC)nn2)cc1. The maximum absolute atomic E-state index is 12.2. The number of carbonyl (C=O) groups is 2. The molecule has 7 nitrogen and oxygen atoms in total. The van der Waals surface area contributed by atoms with Gasteiger partial charge in [-0.2, -0.15) is 0 Å². The van der Waals surface area contributed by atoms with Gasteiger partial charge in [0.15, 0.2) is 0 Å². The van der Waals surface area contributed by atoms with Crippen LogP contribution in [0.4, 0.5) is 5.69 Å². The highest BCUT2D eigenvalue weighted by Crippen LogP contribution is 2.28. The van der Waals surface area contributed by atoms with Crippen molar-refractivity contribution in [1.29, 1.82) is 0 Å². The summed E-state index contributed by atoms with van der Waals surface area (Å²) < 4.78 is 10.3. The van der Waals surface area contributed by atoms with E-state index in [1.807, 2.05) is 36.4 Å². The predicted molar refractivity (Wildman–Crippen MR) is 116 cm³/mol. The lowest BCUT2D eigenvalue weighted by atomic mass is 10.1. The van der Waals surface area contributed by atoms with Gasteiger partial charge in [-0.15, -0.1) is 10.2 Å². The number of carbonyl (C=O) groups excluding carboxylic acids is 2. The van der Waals surface area contributed by atoms with Crippen molar-refractivity contribution in [3.8, 4) is 17.0 Å². The summed E-state index contributed by atoms with van der Waals surface area (Å²) in [5.41, 5.74) is 2.59. The number of para-hydroxylation sites is 1. The van der Waals surface area contributed by atoms with Crippen molar-refractivity contribution in [3.05, 3.63) is 66.2 Å². The number of hydrogen-bond acceptors (Lipinski definition) is 7. The standard InChI is InChI=1S/C22H21N3O4S/c1-3-29-22(27)15-8-10-16(11-9-15)23-20(26)14-30-21-13-12-18(24-25-21)17-6-4-5-7-19(17)28-2/h4-13H,3,14H2,1-2H3,(H,23,26). The Balaban J connectivity index is 1.54. The number of esters is 1. The summed E-state index contributed by atoms with van der Waals surface area (Å²) >= 11 is 1.29. The van der Waals surface area contributed by atoms with Gasteiger partial charge in [0.25, 0.3) is 0 Å². The number of hydrogen-bond donors (Lipinski definition) is 1. The van der Waals surface area contributed by atoms with Gasteiger partial charge in [0.2, 0.25) is 5.91 Å². The number of rotatable bonds is 8. The van der Waals surface area contributed by atoms with Crippen molar-refractivity contribution in [2.45, 2.75) is 11.9 Å². The summed E-state index contributed by atoms with van der Waals surface area (Å²) in [6.45, 7) is 2.07. The Kier molecular flexibility index (Phi) is 7.40. The van der Waals surface area contributed by atoms with Crippen LogP contribution < -0.4 is 10.1 Å². The van der Waals surface area contributed by atoms with E-state index in [0.717, 1.165) is 11.3 Å². The number of nitrogens with zero attached hydrogens (tertiary/aromatic N) is 2. The molecule has 8 heteroatoms. The molecule has 3 aromatic rings. The largest absolute Gasteiger partial charge is 0.496 e. The molecule has 0 saturated carbocycles. The molecule has 1 aromatic heterocycles. The van der Waals surface area contributed by atoms with Crippen molar-refractivity contribution in [2.75, 3.05) is 24.8 Å². The zero-order valence-electron chi connectivity index (χ0n) is 16.6. The third-order valence-electron chi connectivity index (χ3n) is 4.05. The first-order valence-corrected chi connectivity index (χ1v) is 10.3. The van der Waals surface area contributed by atoms with Gasteiger partial charge < -0.3 is 14.8 Å². The van der Waals surface area contributed by atoms with Gasteiger partial charge in [0, 0.05) is 11.3 Å². The van der Waals surface area contributed by atoms with Crippen molar-refractivity contribution >= 4 is 29.3 Å². The summed E-state index contributed by atoms with van der Waals surface area (Å²) in [7, 11) is 1.61. The van der Waals surface area contributed by atoms with E-state index >= 15 is 0 Å². The Hall–Kier alpha value is -3.39. The van der Waals surface area contributed by atoms with E-state index in [9.17, 15) is 9.59 Å². The minimum atomic E-state index is -0.388. The number of benzene rings is 2. The van der Waals surface area contributed by atoms with E-state index in [0.29, 0.717) is 28.6 Å². The van der Waals surface area contributed by atoms with Crippen LogP contribution in [0, 0.1) is 0 Å². The highest BCUT2D eigenvalue weighted by atomic mass is 32.2. The van der Waals surface area contributed by atoms with E-state index in [4.69, 9.17) is 9.47 Å². The second-order valence-electron chi connectivity index (χ2n) is 6.09. The molecule has 0 atom stereocenters. The Morgan fingerprint density at radius 3 is 2.43 bits per heavy atom. The molecule has 0 aliphatic rings. The molecule has 0 aliphatic carbocycles. The van der Waals surface area contributed by atoms with Gasteiger partial charge in [-0.05, 0) is 55.5 Å². The third-order valence-corrected chi connectivity index (χ3v) is 4.97. The van der Waals surface area contributed by atoms with Crippen LogP contribution in [0.2, 0.25) is 0 Å². The second kappa shape index (κ2) is 10.4. The fourth-order valence-corrected chi connectivity index (χ4v) is 3.25. The Labute approximate surface area is 178 Å². The van der Waals surface area contributed by atoms with Crippen molar-refractivity contribution in [2.24, 2.45) is 0 Å². The first-order valence-electron chi connectivity index (χ1n) is 9.27. The normalized spacial score (nSPS) is 10.3. The lowest BCUT2D eigenvalue weighted by Gasteiger charge is -2.08. The number of aromatic nitrogens is 2. The molecule has 1 heterocycles. The van der Waals surface area contributed by atoms with Gasteiger partial charge >= 0.3 is 5.97 Å². The summed E-state index contributed by atoms with van der Waals surface area (Å²) in [6, 6.07) is 17.8. The second-order valence-corrected chi connectivity index (χ2v) is 7.09. The predicted octanol–water partition coefficient (Wildman–Crippen LogP) is 4.06. The molecule has 0 bridgehead atoms. The highest BCUT2D eigenvalue weighted by molar-refractivity contribution is 7.99. The Morgan fingerprint density at radius 1 is 1.00 bits per heavy atom. The maximum Gasteiger partial charge on any atom is 0.338 e. The quantitative estimate of drug-likeness (QED) is 0.432. The lowest BCUT2D eigenvalue weighted by Crippen LogP contribution is -2.14. The van der Waals surface area contributed by atoms with Crippen LogP contribution in [0.1, 0.15) is 17.3 Å². The topological polar surface area (TPSA) is 90.4 Å². The average molecular weight is 423 g/mol. The van der Waals surface area contributed by atoms with Gasteiger partial charge in [0.05, 0.1) is 30.7 Å². The van der Waals surface area contributed by atoms with Crippen LogP contribution >= 0.6 is 11.8 Å². The summed E-state index contributed by atoms with van der Waals surface area (Å²) in [5.74, 6) is 0.337. The summed E-state index contributed by atoms with van der Waals surface area (Å²) in [6.07, 6.45) is 0. The van der Waals surface area contributed by atoms with Crippen LogP contribution in [-0.2, 0) is 9.53 Å². The minimum Gasteiger partial charge on any atom is -0.496 e. The minimum absolute atomic E-state index is 0.181. The first-order chi connectivity index (χ1) is 14.6. The molecule has 0 unspecified atom stereocenters. The summed E-state index contributed by atoms with van der Waals surface area (Å²) in [4.78, 5) is 23.8. The van der Waals surface area contributed by atoms with Crippen LogP contribution in [0.5, 0.6) is 5.75 Å². The average Bonchev–Trinajstić information content (AvgIpc) is 2.78. The van der Waals surface area contributed by atoms with Gasteiger partial charge in [0.1, 0.15) is 10.8 Å². The number of anilines is 1. The smallest absolute Gasteiger partial charge is 0.338 e. The van der Waals surface area contributed by atoms with Gasteiger partial charge in [-0.3, -0.25) is 4.79 Å². The Bertz CT molecular complexity index is 1010. The number of amides is 1. The molecule has 3 rings (SSSR count). The molecule has 0 radical (unpaired) electrons. The van der Waals surface area contributed by atoms with E-state index in [1.165, 1.54) is 11.8 Å². The zero-order valence-corrected chi connectivity index (χ0v) is 17.4. The highest BCUT2D eigenvalue weighted by Gasteiger charge is 2.10. The van der Waals surface area contributed by atoms with Gasteiger partial charge in [-0.25, -0.2) is 4.79 Å². The van der Waals surface area contributed by atoms with Gasteiger partial charge in [-0.1, -0.05) is 23.9 Å². The molecule has 2 aromatic carbocycles. The summed E-state index contributed by atoms with van der Waals surface area (Å²) in [5, 5.41) is 11.8. The zero-order chi connectivity index (χ0) is 21.3. The maximum atomic E-state index is 12.2. The first kappa shape index (κ1) is 21.3. The molecule has 0 aliphatic heterocycles. The van der Waals surface area contributed by atoms with Crippen molar-refractivity contribution in [1.82, 2.24) is 10.2 Å². The fraction of sp³-hybridized carbons (Fsp3) is 0.182. The van der Waals surface area contributed by atoms with Crippen molar-refractivity contribution < 1.29 is 19.1 Å². The molecular formula is C22H21N3O4S. The number of ether oxygens (including phenoxy) is 2.